The van der Waals surface area contributed by atoms with E-state index in [1.807, 2.05) is 0 Å². The third-order valence-electron chi connectivity index (χ3n) is 2.42. The van der Waals surface area contributed by atoms with Crippen LogP contribution in [0.1, 0.15) is 16.1 Å². The van der Waals surface area contributed by atoms with Crippen molar-refractivity contribution in [1.82, 2.24) is 5.16 Å². The first-order valence-electron chi connectivity index (χ1n) is 5.42. The molecule has 0 aliphatic carbocycles. The second kappa shape index (κ2) is 5.05. The summed E-state index contributed by atoms with van der Waals surface area (Å²) >= 11 is 0. The highest BCUT2D eigenvalue weighted by Gasteiger charge is 2.15. The molecule has 0 radical (unpaired) electrons. The lowest BCUT2D eigenvalue weighted by Gasteiger charge is -2.07. The Morgan fingerprint density at radius 2 is 1.89 bits per heavy atom. The summed E-state index contributed by atoms with van der Waals surface area (Å²) in [5, 5.41) is 8.30. The predicted molar refractivity (Wildman–Crippen MR) is 65.1 cm³/mol. The lowest BCUT2D eigenvalue weighted by Crippen LogP contribution is -2.13. The molecule has 100 valence electrons. The summed E-state index contributed by atoms with van der Waals surface area (Å²) < 4.78 is 31.8. The van der Waals surface area contributed by atoms with Crippen molar-refractivity contribution in [2.24, 2.45) is 0 Å². The number of amides is 1. The molecule has 0 unspecified atom stereocenters. The molecule has 2 N–H and O–H groups in total. The highest BCUT2D eigenvalue weighted by molar-refractivity contribution is 6.03. The number of anilines is 2. The van der Waals surface area contributed by atoms with Gasteiger partial charge in [0, 0.05) is 18.7 Å². The van der Waals surface area contributed by atoms with Gasteiger partial charge >= 0.3 is 0 Å². The van der Waals surface area contributed by atoms with E-state index in [0.717, 1.165) is 12.1 Å². The highest BCUT2D eigenvalue weighted by Crippen LogP contribution is 2.21. The summed E-state index contributed by atoms with van der Waals surface area (Å²) in [4.78, 5) is 11.8. The second-order valence-corrected chi connectivity index (χ2v) is 3.85. The van der Waals surface area contributed by atoms with Crippen LogP contribution in [0, 0.1) is 18.6 Å². The van der Waals surface area contributed by atoms with E-state index in [1.165, 1.54) is 13.1 Å². The molecule has 5 nitrogen and oxygen atoms in total. The molecular weight excluding hydrogens is 256 g/mol. The van der Waals surface area contributed by atoms with E-state index in [9.17, 15) is 13.6 Å². The standard InChI is InChI=1S/C12H11F2N3O2/c1-6-3-10(19-17-6)16-12(18)7-4-8(13)11(15-2)9(14)5-7/h3-5,15H,1-2H3,(H,16,18). The van der Waals surface area contributed by atoms with Gasteiger partial charge in [0.05, 0.1) is 5.69 Å². The van der Waals surface area contributed by atoms with Crippen molar-refractivity contribution in [3.63, 3.8) is 0 Å². The molecule has 0 fully saturated rings. The van der Waals surface area contributed by atoms with Crippen LogP contribution >= 0.6 is 0 Å². The Morgan fingerprint density at radius 3 is 2.37 bits per heavy atom. The first kappa shape index (κ1) is 13.0. The van der Waals surface area contributed by atoms with Gasteiger partial charge in [0.2, 0.25) is 5.88 Å². The number of nitrogens with zero attached hydrogens (tertiary/aromatic N) is 1. The number of rotatable bonds is 3. The smallest absolute Gasteiger partial charge is 0.258 e. The molecule has 0 bridgehead atoms. The fraction of sp³-hybridized carbons (Fsp3) is 0.167. The molecule has 1 aromatic heterocycles. The topological polar surface area (TPSA) is 67.2 Å². The monoisotopic (exact) mass is 267 g/mol. The number of aromatic nitrogens is 1. The van der Waals surface area contributed by atoms with Gasteiger partial charge in [-0.15, -0.1) is 0 Å². The van der Waals surface area contributed by atoms with Crippen molar-refractivity contribution in [2.45, 2.75) is 6.92 Å². The van der Waals surface area contributed by atoms with Gasteiger partial charge in [0.15, 0.2) is 0 Å². The van der Waals surface area contributed by atoms with Crippen LogP contribution in [0.2, 0.25) is 0 Å². The third kappa shape index (κ3) is 2.70. The van der Waals surface area contributed by atoms with E-state index in [4.69, 9.17) is 4.52 Å². The molecule has 2 aromatic rings. The van der Waals surface area contributed by atoms with Crippen LogP contribution < -0.4 is 10.6 Å². The van der Waals surface area contributed by atoms with E-state index in [2.05, 4.69) is 15.8 Å². The van der Waals surface area contributed by atoms with E-state index in [1.54, 1.807) is 6.92 Å². The summed E-state index contributed by atoms with van der Waals surface area (Å²) in [7, 11) is 1.39. The Balaban J connectivity index is 2.24. The average Bonchev–Trinajstić information content (AvgIpc) is 2.74. The van der Waals surface area contributed by atoms with Crippen molar-refractivity contribution in [3.8, 4) is 0 Å². The van der Waals surface area contributed by atoms with Gasteiger partial charge < -0.3 is 9.84 Å². The van der Waals surface area contributed by atoms with Gasteiger partial charge in [-0.05, 0) is 19.1 Å². The lowest BCUT2D eigenvalue weighted by atomic mass is 10.1. The molecule has 19 heavy (non-hydrogen) atoms. The van der Waals surface area contributed by atoms with Crippen LogP contribution in [0.4, 0.5) is 20.4 Å². The zero-order valence-corrected chi connectivity index (χ0v) is 10.3. The summed E-state index contributed by atoms with van der Waals surface area (Å²) in [6, 6.07) is 3.37. The molecule has 0 aliphatic heterocycles. The normalized spacial score (nSPS) is 10.3. The quantitative estimate of drug-likeness (QED) is 0.896. The maximum absolute atomic E-state index is 13.5. The summed E-state index contributed by atoms with van der Waals surface area (Å²) in [5.41, 5.74) is 0.147. The second-order valence-electron chi connectivity index (χ2n) is 3.85. The fourth-order valence-corrected chi connectivity index (χ4v) is 1.55. The maximum Gasteiger partial charge on any atom is 0.258 e. The van der Waals surface area contributed by atoms with Crippen molar-refractivity contribution in [1.29, 1.82) is 0 Å². The molecule has 0 saturated carbocycles. The van der Waals surface area contributed by atoms with Crippen molar-refractivity contribution < 1.29 is 18.1 Å². The minimum atomic E-state index is -0.846. The maximum atomic E-state index is 13.5. The minimum Gasteiger partial charge on any atom is -0.383 e. The molecule has 0 spiro atoms. The predicted octanol–water partition coefficient (Wildman–Crippen LogP) is 2.56. The van der Waals surface area contributed by atoms with E-state index in [0.29, 0.717) is 5.69 Å². The molecule has 0 atom stereocenters. The number of carbonyl (C=O) groups excluding carboxylic acids is 1. The Labute approximate surface area is 107 Å². The van der Waals surface area contributed by atoms with Crippen LogP contribution in [-0.4, -0.2) is 18.1 Å². The summed E-state index contributed by atoms with van der Waals surface area (Å²) in [5.74, 6) is -2.26. The number of nitrogens with one attached hydrogen (secondary N) is 2. The van der Waals surface area contributed by atoms with Crippen LogP contribution in [-0.2, 0) is 0 Å². The van der Waals surface area contributed by atoms with E-state index >= 15 is 0 Å². The van der Waals surface area contributed by atoms with Gasteiger partial charge in [-0.2, -0.15) is 0 Å². The molecule has 1 heterocycles. The first-order chi connectivity index (χ1) is 9.01. The zero-order valence-electron chi connectivity index (χ0n) is 10.3. The highest BCUT2D eigenvalue weighted by atomic mass is 19.1. The molecule has 2 rings (SSSR count). The zero-order chi connectivity index (χ0) is 14.0. The SMILES string of the molecule is CNc1c(F)cc(C(=O)Nc2cc(C)no2)cc1F. The van der Waals surface area contributed by atoms with Gasteiger partial charge in [-0.1, -0.05) is 5.16 Å². The van der Waals surface area contributed by atoms with Gasteiger partial charge in [-0.25, -0.2) is 8.78 Å². The van der Waals surface area contributed by atoms with Crippen LogP contribution in [0.3, 0.4) is 0 Å². The number of halogens is 2. The lowest BCUT2D eigenvalue weighted by molar-refractivity contribution is 0.102. The number of aryl methyl sites for hydroxylation is 1. The summed E-state index contributed by atoms with van der Waals surface area (Å²) in [6.45, 7) is 1.68. The van der Waals surface area contributed by atoms with Crippen molar-refractivity contribution in [3.05, 3.63) is 41.1 Å². The Morgan fingerprint density at radius 1 is 1.26 bits per heavy atom. The average molecular weight is 267 g/mol. The third-order valence-corrected chi connectivity index (χ3v) is 2.42. The van der Waals surface area contributed by atoms with Gasteiger partial charge in [0.1, 0.15) is 17.3 Å². The molecule has 7 heteroatoms. The van der Waals surface area contributed by atoms with Crippen molar-refractivity contribution in [2.75, 3.05) is 17.7 Å². The van der Waals surface area contributed by atoms with Gasteiger partial charge in [0.25, 0.3) is 5.91 Å². The van der Waals surface area contributed by atoms with Crippen LogP contribution in [0.5, 0.6) is 0 Å². The Bertz CT molecular complexity index is 602. The molecule has 0 saturated heterocycles. The summed E-state index contributed by atoms with van der Waals surface area (Å²) in [6.07, 6.45) is 0. The van der Waals surface area contributed by atoms with Crippen LogP contribution in [0.25, 0.3) is 0 Å². The Kier molecular flexibility index (Phi) is 3.46. The number of hydrogen-bond donors (Lipinski definition) is 2. The molecular formula is C12H11F2N3O2. The minimum absolute atomic E-state index is 0.112. The van der Waals surface area contributed by atoms with Gasteiger partial charge in [-0.3, -0.25) is 10.1 Å². The fourth-order valence-electron chi connectivity index (χ4n) is 1.55. The Hall–Kier alpha value is -2.44. The van der Waals surface area contributed by atoms with Crippen molar-refractivity contribution >= 4 is 17.5 Å². The van der Waals surface area contributed by atoms with E-state index in [-0.39, 0.29) is 17.1 Å². The molecule has 0 aliphatic rings. The molecule has 1 amide bonds. The van der Waals surface area contributed by atoms with Crippen LogP contribution in [0.15, 0.2) is 22.7 Å². The number of carbonyl (C=O) groups is 1. The van der Waals surface area contributed by atoms with E-state index < -0.39 is 17.5 Å². The number of benzene rings is 1. The molecule has 1 aromatic carbocycles. The first-order valence-corrected chi connectivity index (χ1v) is 5.42. The largest absolute Gasteiger partial charge is 0.383 e. The number of hydrogen-bond acceptors (Lipinski definition) is 4.